The summed E-state index contributed by atoms with van der Waals surface area (Å²) in [7, 11) is 0. The monoisotopic (exact) mass is 356 g/mol. The zero-order valence-electron chi connectivity index (χ0n) is 14.8. The van der Waals surface area contributed by atoms with Crippen molar-refractivity contribution in [3.63, 3.8) is 0 Å². The highest BCUT2D eigenvalue weighted by Gasteiger charge is 2.41. The van der Waals surface area contributed by atoms with Gasteiger partial charge in [0.25, 0.3) is 0 Å². The fourth-order valence-corrected chi connectivity index (χ4v) is 4.31. The normalized spacial score (nSPS) is 17.4. The van der Waals surface area contributed by atoms with Gasteiger partial charge >= 0.3 is 0 Å². The van der Waals surface area contributed by atoms with Crippen LogP contribution in [0.25, 0.3) is 0 Å². The third-order valence-corrected chi connectivity index (χ3v) is 5.27. The lowest BCUT2D eigenvalue weighted by atomic mass is 9.95. The molecule has 25 heavy (non-hydrogen) atoms. The number of rotatable bonds is 4. The van der Waals surface area contributed by atoms with Gasteiger partial charge in [-0.3, -0.25) is 14.4 Å². The van der Waals surface area contributed by atoms with Crippen molar-refractivity contribution in [1.82, 2.24) is 4.98 Å². The smallest absolute Gasteiger partial charge is 0.239 e. The zero-order valence-corrected chi connectivity index (χ0v) is 15.6. The first-order chi connectivity index (χ1) is 11.8. The second-order valence-electron chi connectivity index (χ2n) is 6.63. The summed E-state index contributed by atoms with van der Waals surface area (Å²) in [5.74, 6) is -1.01. The molecular weight excluding hydrogens is 336 g/mol. The molecule has 1 aliphatic rings. The molecule has 1 aromatic carbocycles. The van der Waals surface area contributed by atoms with E-state index in [-0.39, 0.29) is 29.9 Å². The highest BCUT2D eigenvalue weighted by atomic mass is 32.1. The minimum absolute atomic E-state index is 0.161. The second-order valence-corrected chi connectivity index (χ2v) is 7.81. The van der Waals surface area contributed by atoms with E-state index in [4.69, 9.17) is 0 Å². The predicted molar refractivity (Wildman–Crippen MR) is 97.1 cm³/mol. The Morgan fingerprint density at radius 3 is 2.40 bits per heavy atom. The lowest BCUT2D eigenvalue weighted by Crippen LogP contribution is -2.30. The van der Waals surface area contributed by atoms with Crippen molar-refractivity contribution in [1.29, 1.82) is 0 Å². The molecule has 1 saturated heterocycles. The van der Waals surface area contributed by atoms with Crippen molar-refractivity contribution in [3.8, 4) is 0 Å². The predicted octanol–water partition coefficient (Wildman–Crippen LogP) is 3.39. The van der Waals surface area contributed by atoms with Crippen LogP contribution in [0.3, 0.4) is 0 Å². The Morgan fingerprint density at radius 2 is 1.84 bits per heavy atom. The first-order valence-corrected chi connectivity index (χ1v) is 9.00. The lowest BCUT2D eigenvalue weighted by molar-refractivity contribution is -0.122. The maximum atomic E-state index is 12.8. The van der Waals surface area contributed by atoms with Crippen molar-refractivity contribution in [2.24, 2.45) is 5.92 Å². The Morgan fingerprint density at radius 1 is 1.20 bits per heavy atom. The molecule has 3 rings (SSSR count). The average molecular weight is 356 g/mol. The fraction of sp³-hybridized carbons (Fsp3) is 0.368. The maximum absolute atomic E-state index is 12.8. The number of imide groups is 1. The summed E-state index contributed by atoms with van der Waals surface area (Å²) < 4.78 is 0. The number of hydrogen-bond acceptors (Lipinski definition) is 5. The van der Waals surface area contributed by atoms with Crippen LogP contribution in [0.1, 0.15) is 45.4 Å². The third kappa shape index (κ3) is 3.39. The van der Waals surface area contributed by atoms with Crippen LogP contribution in [0.2, 0.25) is 0 Å². The molecule has 0 aliphatic carbocycles. The van der Waals surface area contributed by atoms with Gasteiger partial charge in [0, 0.05) is 18.2 Å². The Bertz CT molecular complexity index is 865. The van der Waals surface area contributed by atoms with Crippen LogP contribution in [-0.2, 0) is 16.0 Å². The number of ketones is 1. The summed E-state index contributed by atoms with van der Waals surface area (Å²) in [5.41, 5.74) is 3.68. The van der Waals surface area contributed by atoms with Crippen LogP contribution >= 0.6 is 11.3 Å². The molecule has 0 spiro atoms. The van der Waals surface area contributed by atoms with E-state index < -0.39 is 0 Å². The number of hydrogen-bond donors (Lipinski definition) is 0. The molecule has 1 fully saturated rings. The molecule has 5 nitrogen and oxygen atoms in total. The number of benzene rings is 1. The van der Waals surface area contributed by atoms with Crippen LogP contribution < -0.4 is 4.90 Å². The lowest BCUT2D eigenvalue weighted by Gasteiger charge is -2.12. The molecule has 0 saturated carbocycles. The van der Waals surface area contributed by atoms with Crippen molar-refractivity contribution in [2.45, 2.75) is 40.5 Å². The molecule has 1 atom stereocenters. The van der Waals surface area contributed by atoms with Crippen LogP contribution in [0.5, 0.6) is 0 Å². The summed E-state index contributed by atoms with van der Waals surface area (Å²) in [6, 6.07) is 6.18. The third-order valence-electron chi connectivity index (χ3n) is 4.31. The first-order valence-electron chi connectivity index (χ1n) is 8.18. The highest BCUT2D eigenvalue weighted by Crippen LogP contribution is 2.33. The van der Waals surface area contributed by atoms with E-state index in [1.165, 1.54) is 18.3 Å². The molecule has 2 amide bonds. The number of carbonyl (C=O) groups is 3. The Kier molecular flexibility index (Phi) is 4.56. The number of Topliss-reactive ketones (excluding diaryl/α,β-unsaturated/α-hetero) is 1. The molecule has 0 N–H and O–H groups in total. The topological polar surface area (TPSA) is 67.3 Å². The molecular formula is C19H20N2O3S. The summed E-state index contributed by atoms with van der Waals surface area (Å²) in [4.78, 5) is 42.8. The molecule has 0 radical (unpaired) electrons. The fourth-order valence-electron chi connectivity index (χ4n) is 3.33. The van der Waals surface area contributed by atoms with Crippen LogP contribution in [0.4, 0.5) is 5.13 Å². The van der Waals surface area contributed by atoms with Gasteiger partial charge in [-0.1, -0.05) is 29.3 Å². The van der Waals surface area contributed by atoms with Gasteiger partial charge in [0.1, 0.15) is 5.69 Å². The molecule has 2 heterocycles. The molecule has 6 heteroatoms. The Hall–Kier alpha value is -2.34. The summed E-state index contributed by atoms with van der Waals surface area (Å²) in [6.07, 6.45) is 0.716. The first kappa shape index (κ1) is 17.5. The minimum atomic E-state index is -0.376. The molecule has 2 aromatic rings. The molecule has 1 aromatic heterocycles. The summed E-state index contributed by atoms with van der Waals surface area (Å²) in [6.45, 7) is 7.25. The van der Waals surface area contributed by atoms with Crippen LogP contribution in [-0.4, -0.2) is 22.6 Å². The second kappa shape index (κ2) is 6.52. The van der Waals surface area contributed by atoms with E-state index in [0.717, 1.165) is 26.5 Å². The minimum Gasteiger partial charge on any atom is -0.293 e. The van der Waals surface area contributed by atoms with E-state index in [9.17, 15) is 14.4 Å². The zero-order chi connectivity index (χ0) is 18.3. The Labute approximate surface area is 150 Å². The number of aromatic nitrogens is 1. The van der Waals surface area contributed by atoms with Gasteiger partial charge in [-0.25, -0.2) is 9.88 Å². The van der Waals surface area contributed by atoms with Gasteiger partial charge in [-0.2, -0.15) is 0 Å². The number of thiazole rings is 1. The van der Waals surface area contributed by atoms with Gasteiger partial charge in [-0.15, -0.1) is 11.3 Å². The van der Waals surface area contributed by atoms with Crippen LogP contribution in [0, 0.1) is 26.7 Å². The van der Waals surface area contributed by atoms with E-state index >= 15 is 0 Å². The molecule has 1 aliphatic heterocycles. The van der Waals surface area contributed by atoms with E-state index in [1.54, 1.807) is 6.92 Å². The number of amides is 2. The van der Waals surface area contributed by atoms with Crippen molar-refractivity contribution in [3.05, 3.63) is 45.5 Å². The quantitative estimate of drug-likeness (QED) is 0.622. The van der Waals surface area contributed by atoms with Gasteiger partial charge < -0.3 is 0 Å². The molecule has 0 bridgehead atoms. The number of anilines is 1. The summed E-state index contributed by atoms with van der Waals surface area (Å²) in [5, 5.41) is 0.306. The molecule has 0 unspecified atom stereocenters. The van der Waals surface area contributed by atoms with E-state index in [2.05, 4.69) is 23.2 Å². The van der Waals surface area contributed by atoms with Crippen molar-refractivity contribution >= 4 is 34.1 Å². The standard InChI is InChI=1S/C19H20N2O3S/c1-10-5-11(2)7-14(6-10)8-15-9-16(23)21(18(15)24)19-20-17(12(3)22)13(4)25-19/h5-7,15H,8-9H2,1-4H3/t15-/m1/s1. The number of nitrogens with zero attached hydrogens (tertiary/aromatic N) is 2. The van der Waals surface area contributed by atoms with Gasteiger partial charge in [0.2, 0.25) is 11.8 Å². The van der Waals surface area contributed by atoms with Gasteiger partial charge in [0.05, 0.1) is 5.92 Å². The largest absolute Gasteiger partial charge is 0.293 e. The van der Waals surface area contributed by atoms with Crippen molar-refractivity contribution in [2.75, 3.05) is 4.90 Å². The van der Waals surface area contributed by atoms with Crippen LogP contribution in [0.15, 0.2) is 18.2 Å². The highest BCUT2D eigenvalue weighted by molar-refractivity contribution is 7.16. The average Bonchev–Trinajstić information content (AvgIpc) is 2.98. The molecule has 130 valence electrons. The van der Waals surface area contributed by atoms with Gasteiger partial charge in [0.15, 0.2) is 10.9 Å². The SMILES string of the molecule is CC(=O)c1nc(N2C(=O)C[C@@H](Cc3cc(C)cc(C)c3)C2=O)sc1C. The Balaban J connectivity index is 1.85. The van der Waals surface area contributed by atoms with E-state index in [1.807, 2.05) is 13.8 Å². The van der Waals surface area contributed by atoms with Crippen molar-refractivity contribution < 1.29 is 14.4 Å². The van der Waals surface area contributed by atoms with Gasteiger partial charge in [-0.05, 0) is 32.8 Å². The number of aryl methyl sites for hydroxylation is 3. The van der Waals surface area contributed by atoms with E-state index in [0.29, 0.717) is 17.2 Å². The maximum Gasteiger partial charge on any atom is 0.239 e. The number of carbonyl (C=O) groups excluding carboxylic acids is 3. The summed E-state index contributed by atoms with van der Waals surface area (Å²) >= 11 is 1.21.